The minimum absolute atomic E-state index is 0.0372. The standard InChI is InChI=1S/C15H29N3O2/c1-15(2,3)9-13(19)17-11-14(20)18-7-5-12(6-8-18)10-16-4/h12,16H,5-11H2,1-4H3,(H,17,19). The van der Waals surface area contributed by atoms with Crippen LogP contribution in [0.5, 0.6) is 0 Å². The molecule has 5 nitrogen and oxygen atoms in total. The molecule has 0 aromatic carbocycles. The van der Waals surface area contributed by atoms with Crippen molar-refractivity contribution in [1.82, 2.24) is 15.5 Å². The minimum Gasteiger partial charge on any atom is -0.347 e. The van der Waals surface area contributed by atoms with Gasteiger partial charge in [0.25, 0.3) is 0 Å². The van der Waals surface area contributed by atoms with Gasteiger partial charge in [0, 0.05) is 19.5 Å². The molecule has 1 aliphatic rings. The highest BCUT2D eigenvalue weighted by atomic mass is 16.2. The summed E-state index contributed by atoms with van der Waals surface area (Å²) >= 11 is 0. The average molecular weight is 283 g/mol. The van der Waals surface area contributed by atoms with Gasteiger partial charge in [0.1, 0.15) is 0 Å². The van der Waals surface area contributed by atoms with Crippen molar-refractivity contribution < 1.29 is 9.59 Å². The normalized spacial score (nSPS) is 17.1. The molecule has 2 amide bonds. The molecule has 0 bridgehead atoms. The van der Waals surface area contributed by atoms with Gasteiger partial charge in [-0.15, -0.1) is 0 Å². The third-order valence-corrected chi connectivity index (χ3v) is 3.59. The van der Waals surface area contributed by atoms with Gasteiger partial charge in [0.15, 0.2) is 0 Å². The number of hydrogen-bond donors (Lipinski definition) is 2. The summed E-state index contributed by atoms with van der Waals surface area (Å²) in [5, 5.41) is 5.91. The third-order valence-electron chi connectivity index (χ3n) is 3.59. The van der Waals surface area contributed by atoms with Crippen LogP contribution in [0.2, 0.25) is 0 Å². The van der Waals surface area contributed by atoms with E-state index in [9.17, 15) is 9.59 Å². The molecule has 2 N–H and O–H groups in total. The lowest BCUT2D eigenvalue weighted by Crippen LogP contribution is -2.45. The maximum Gasteiger partial charge on any atom is 0.241 e. The lowest BCUT2D eigenvalue weighted by Gasteiger charge is -2.32. The average Bonchev–Trinajstić information content (AvgIpc) is 2.35. The molecule has 0 radical (unpaired) electrons. The Balaban J connectivity index is 2.25. The highest BCUT2D eigenvalue weighted by Gasteiger charge is 2.23. The van der Waals surface area contributed by atoms with Gasteiger partial charge in [-0.05, 0) is 37.8 Å². The van der Waals surface area contributed by atoms with E-state index >= 15 is 0 Å². The minimum atomic E-state index is -0.0454. The Labute approximate surface area is 122 Å². The van der Waals surface area contributed by atoms with E-state index in [1.165, 1.54) is 0 Å². The summed E-state index contributed by atoms with van der Waals surface area (Å²) in [5.74, 6) is 0.658. The lowest BCUT2D eigenvalue weighted by molar-refractivity contribution is -0.134. The fourth-order valence-corrected chi connectivity index (χ4v) is 2.51. The van der Waals surface area contributed by atoms with E-state index < -0.39 is 0 Å². The SMILES string of the molecule is CNCC1CCN(C(=O)CNC(=O)CC(C)(C)C)CC1. The molecule has 0 atom stereocenters. The van der Waals surface area contributed by atoms with Crippen LogP contribution in [-0.2, 0) is 9.59 Å². The predicted molar refractivity (Wildman–Crippen MR) is 80.3 cm³/mol. The number of rotatable bonds is 5. The molecule has 1 rings (SSSR count). The zero-order valence-electron chi connectivity index (χ0n) is 13.3. The second-order valence-corrected chi connectivity index (χ2v) is 6.90. The van der Waals surface area contributed by atoms with Gasteiger partial charge in [0.05, 0.1) is 6.54 Å². The molecule has 5 heteroatoms. The summed E-state index contributed by atoms with van der Waals surface area (Å²) in [6.07, 6.45) is 2.54. The Kier molecular flexibility index (Phi) is 6.46. The van der Waals surface area contributed by atoms with Crippen LogP contribution in [0.4, 0.5) is 0 Å². The zero-order chi connectivity index (χ0) is 15.2. The molecule has 20 heavy (non-hydrogen) atoms. The summed E-state index contributed by atoms with van der Waals surface area (Å²) < 4.78 is 0. The van der Waals surface area contributed by atoms with Crippen LogP contribution < -0.4 is 10.6 Å². The number of carbonyl (C=O) groups is 2. The zero-order valence-corrected chi connectivity index (χ0v) is 13.3. The van der Waals surface area contributed by atoms with Crippen molar-refractivity contribution in [2.24, 2.45) is 11.3 Å². The summed E-state index contributed by atoms with van der Waals surface area (Å²) in [4.78, 5) is 25.6. The molecular weight excluding hydrogens is 254 g/mol. The van der Waals surface area contributed by atoms with E-state index in [1.807, 2.05) is 32.7 Å². The van der Waals surface area contributed by atoms with Gasteiger partial charge in [-0.1, -0.05) is 20.8 Å². The van der Waals surface area contributed by atoms with Crippen LogP contribution in [0, 0.1) is 11.3 Å². The molecule has 0 saturated carbocycles. The first kappa shape index (κ1) is 17.0. The molecular formula is C15H29N3O2. The molecule has 1 aliphatic heterocycles. The predicted octanol–water partition coefficient (Wildman–Crippen LogP) is 0.997. The number of likely N-dealkylation sites (tertiary alicyclic amines) is 1. The summed E-state index contributed by atoms with van der Waals surface area (Å²) in [7, 11) is 1.96. The molecule has 1 saturated heterocycles. The fourth-order valence-electron chi connectivity index (χ4n) is 2.51. The van der Waals surface area contributed by atoms with E-state index in [2.05, 4.69) is 10.6 Å². The number of amides is 2. The number of nitrogens with zero attached hydrogens (tertiary/aromatic N) is 1. The number of nitrogens with one attached hydrogen (secondary N) is 2. The van der Waals surface area contributed by atoms with Gasteiger partial charge in [-0.3, -0.25) is 9.59 Å². The summed E-state index contributed by atoms with van der Waals surface area (Å²) in [6.45, 7) is 8.80. The lowest BCUT2D eigenvalue weighted by atomic mass is 9.92. The van der Waals surface area contributed by atoms with Crippen LogP contribution in [0.15, 0.2) is 0 Å². The van der Waals surface area contributed by atoms with Crippen molar-refractivity contribution in [2.45, 2.75) is 40.0 Å². The summed E-state index contributed by atoms with van der Waals surface area (Å²) in [6, 6.07) is 0. The van der Waals surface area contributed by atoms with Gasteiger partial charge < -0.3 is 15.5 Å². The Hall–Kier alpha value is -1.10. The quantitative estimate of drug-likeness (QED) is 0.791. The fraction of sp³-hybridized carbons (Fsp3) is 0.867. The molecule has 0 aromatic heterocycles. The molecule has 1 heterocycles. The summed E-state index contributed by atoms with van der Waals surface area (Å²) in [5.41, 5.74) is -0.0430. The van der Waals surface area contributed by atoms with Crippen molar-refractivity contribution in [3.63, 3.8) is 0 Å². The van der Waals surface area contributed by atoms with Crippen LogP contribution in [0.25, 0.3) is 0 Å². The van der Waals surface area contributed by atoms with E-state index in [4.69, 9.17) is 0 Å². The van der Waals surface area contributed by atoms with Crippen LogP contribution in [0.1, 0.15) is 40.0 Å². The highest BCUT2D eigenvalue weighted by molar-refractivity contribution is 5.85. The van der Waals surface area contributed by atoms with E-state index in [0.717, 1.165) is 32.5 Å². The Bertz CT molecular complexity index is 329. The highest BCUT2D eigenvalue weighted by Crippen LogP contribution is 2.18. The van der Waals surface area contributed by atoms with E-state index in [-0.39, 0.29) is 23.8 Å². The van der Waals surface area contributed by atoms with Gasteiger partial charge in [-0.2, -0.15) is 0 Å². The molecule has 0 aliphatic carbocycles. The van der Waals surface area contributed by atoms with Crippen LogP contribution >= 0.6 is 0 Å². The number of carbonyl (C=O) groups excluding carboxylic acids is 2. The van der Waals surface area contributed by atoms with Crippen LogP contribution in [-0.4, -0.2) is 49.9 Å². The Morgan fingerprint density at radius 2 is 1.80 bits per heavy atom. The molecule has 0 unspecified atom stereocenters. The van der Waals surface area contributed by atoms with E-state index in [0.29, 0.717) is 12.3 Å². The van der Waals surface area contributed by atoms with Gasteiger partial charge >= 0.3 is 0 Å². The monoisotopic (exact) mass is 283 g/mol. The van der Waals surface area contributed by atoms with Gasteiger partial charge in [0.2, 0.25) is 11.8 Å². The maximum absolute atomic E-state index is 12.0. The van der Waals surface area contributed by atoms with Crippen LogP contribution in [0.3, 0.4) is 0 Å². The smallest absolute Gasteiger partial charge is 0.241 e. The topological polar surface area (TPSA) is 61.4 Å². The Morgan fingerprint density at radius 3 is 2.30 bits per heavy atom. The first-order valence-corrected chi connectivity index (χ1v) is 7.51. The second kappa shape index (κ2) is 7.62. The van der Waals surface area contributed by atoms with Crippen molar-refractivity contribution in [3.8, 4) is 0 Å². The van der Waals surface area contributed by atoms with Crippen molar-refractivity contribution in [1.29, 1.82) is 0 Å². The van der Waals surface area contributed by atoms with Crippen molar-refractivity contribution >= 4 is 11.8 Å². The molecule has 116 valence electrons. The largest absolute Gasteiger partial charge is 0.347 e. The second-order valence-electron chi connectivity index (χ2n) is 6.90. The maximum atomic E-state index is 12.0. The third kappa shape index (κ3) is 6.37. The van der Waals surface area contributed by atoms with E-state index in [1.54, 1.807) is 0 Å². The van der Waals surface area contributed by atoms with Gasteiger partial charge in [-0.25, -0.2) is 0 Å². The van der Waals surface area contributed by atoms with Crippen molar-refractivity contribution in [3.05, 3.63) is 0 Å². The number of hydrogen-bond acceptors (Lipinski definition) is 3. The molecule has 0 spiro atoms. The Morgan fingerprint density at radius 1 is 1.20 bits per heavy atom. The first-order valence-electron chi connectivity index (χ1n) is 7.51. The first-order chi connectivity index (χ1) is 9.31. The number of piperidine rings is 1. The van der Waals surface area contributed by atoms with Crippen molar-refractivity contribution in [2.75, 3.05) is 33.2 Å². The molecule has 1 fully saturated rings. The molecule has 0 aromatic rings.